The fraction of sp³-hybridized carbons (Fsp3) is 0.333. The molecule has 0 spiro atoms. The van der Waals surface area contributed by atoms with Gasteiger partial charge in [-0.05, 0) is 23.2 Å². The molecule has 0 aliphatic carbocycles. The van der Waals surface area contributed by atoms with Crippen molar-refractivity contribution in [3.05, 3.63) is 12.2 Å². The number of carbonyl (C=O) groups is 2. The van der Waals surface area contributed by atoms with Gasteiger partial charge in [-0.15, -0.1) is 0 Å². The van der Waals surface area contributed by atoms with Crippen molar-refractivity contribution in [3.63, 3.8) is 0 Å². The third-order valence-corrected chi connectivity index (χ3v) is 1.03. The Morgan fingerprint density at radius 3 is 1.50 bits per heavy atom. The van der Waals surface area contributed by atoms with Crippen molar-refractivity contribution in [1.82, 2.24) is 0 Å². The SMILES string of the molecule is O=C(Cl)CC=CCC(=O)Cl. The van der Waals surface area contributed by atoms with Crippen LogP contribution in [0.2, 0.25) is 0 Å². The van der Waals surface area contributed by atoms with Gasteiger partial charge >= 0.3 is 0 Å². The number of hydrogen-bond donors (Lipinski definition) is 0. The van der Waals surface area contributed by atoms with Crippen LogP contribution >= 0.6 is 23.2 Å². The first-order valence-electron chi connectivity index (χ1n) is 2.64. The van der Waals surface area contributed by atoms with E-state index in [-0.39, 0.29) is 12.8 Å². The second kappa shape index (κ2) is 5.45. The van der Waals surface area contributed by atoms with Gasteiger partial charge in [0.1, 0.15) is 0 Å². The Morgan fingerprint density at radius 1 is 1.00 bits per heavy atom. The van der Waals surface area contributed by atoms with Crippen LogP contribution in [-0.4, -0.2) is 10.5 Å². The topological polar surface area (TPSA) is 34.1 Å². The van der Waals surface area contributed by atoms with E-state index in [0.29, 0.717) is 0 Å². The minimum absolute atomic E-state index is 0.145. The second-order valence-corrected chi connectivity index (χ2v) is 2.43. The van der Waals surface area contributed by atoms with E-state index >= 15 is 0 Å². The number of rotatable bonds is 4. The minimum atomic E-state index is -0.446. The third kappa shape index (κ3) is 7.66. The average Bonchev–Trinajstić information content (AvgIpc) is 1.79. The summed E-state index contributed by atoms with van der Waals surface area (Å²) >= 11 is 9.97. The maximum atomic E-state index is 10.1. The van der Waals surface area contributed by atoms with Crippen LogP contribution in [0.4, 0.5) is 0 Å². The zero-order valence-electron chi connectivity index (χ0n) is 5.14. The third-order valence-electron chi connectivity index (χ3n) is 0.723. The number of carbonyl (C=O) groups excluding carboxylic acids is 2. The highest BCUT2D eigenvalue weighted by molar-refractivity contribution is 6.64. The van der Waals surface area contributed by atoms with Crippen LogP contribution in [-0.2, 0) is 9.59 Å². The molecule has 2 nitrogen and oxygen atoms in total. The average molecular weight is 181 g/mol. The molecule has 0 aromatic carbocycles. The van der Waals surface area contributed by atoms with Crippen molar-refractivity contribution >= 4 is 33.7 Å². The molecular formula is C6H6Cl2O2. The van der Waals surface area contributed by atoms with E-state index in [1.165, 1.54) is 12.2 Å². The van der Waals surface area contributed by atoms with Crippen molar-refractivity contribution in [3.8, 4) is 0 Å². The summed E-state index contributed by atoms with van der Waals surface area (Å²) in [5.74, 6) is 0. The normalized spacial score (nSPS) is 10.2. The summed E-state index contributed by atoms with van der Waals surface area (Å²) in [6.45, 7) is 0. The van der Waals surface area contributed by atoms with Gasteiger partial charge in [-0.25, -0.2) is 0 Å². The van der Waals surface area contributed by atoms with Gasteiger partial charge in [0.2, 0.25) is 10.5 Å². The molecule has 0 aromatic rings. The van der Waals surface area contributed by atoms with Gasteiger partial charge in [0, 0.05) is 12.8 Å². The zero-order chi connectivity index (χ0) is 7.98. The summed E-state index contributed by atoms with van der Waals surface area (Å²) < 4.78 is 0. The van der Waals surface area contributed by atoms with Gasteiger partial charge in [0.05, 0.1) is 0 Å². The fourth-order valence-electron chi connectivity index (χ4n) is 0.352. The molecule has 0 rings (SSSR count). The van der Waals surface area contributed by atoms with Crippen molar-refractivity contribution in [1.29, 1.82) is 0 Å². The van der Waals surface area contributed by atoms with Crippen molar-refractivity contribution < 1.29 is 9.59 Å². The molecule has 0 amide bonds. The molecule has 0 aliphatic rings. The molecule has 0 saturated heterocycles. The summed E-state index contributed by atoms with van der Waals surface area (Å²) in [4.78, 5) is 20.2. The van der Waals surface area contributed by atoms with Crippen molar-refractivity contribution in [2.75, 3.05) is 0 Å². The number of allylic oxidation sites excluding steroid dienone is 2. The fourth-order valence-corrected chi connectivity index (χ4v) is 0.530. The molecule has 0 N–H and O–H groups in total. The summed E-state index contributed by atoms with van der Waals surface area (Å²) in [7, 11) is 0. The first kappa shape index (κ1) is 9.66. The van der Waals surface area contributed by atoms with Gasteiger partial charge in [-0.3, -0.25) is 9.59 Å². The van der Waals surface area contributed by atoms with Crippen LogP contribution in [0.5, 0.6) is 0 Å². The summed E-state index contributed by atoms with van der Waals surface area (Å²) in [6, 6.07) is 0. The van der Waals surface area contributed by atoms with Gasteiger partial charge < -0.3 is 0 Å². The molecule has 10 heavy (non-hydrogen) atoms. The van der Waals surface area contributed by atoms with Gasteiger partial charge in [-0.2, -0.15) is 0 Å². The van der Waals surface area contributed by atoms with E-state index in [1.807, 2.05) is 0 Å². The Balaban J connectivity index is 3.38. The van der Waals surface area contributed by atoms with Gasteiger partial charge in [0.25, 0.3) is 0 Å². The minimum Gasteiger partial charge on any atom is -0.281 e. The molecule has 0 aliphatic heterocycles. The van der Waals surface area contributed by atoms with Crippen molar-refractivity contribution in [2.24, 2.45) is 0 Å². The Bertz CT molecular complexity index is 145. The molecular weight excluding hydrogens is 175 g/mol. The quantitative estimate of drug-likeness (QED) is 0.489. The van der Waals surface area contributed by atoms with Crippen LogP contribution in [0.25, 0.3) is 0 Å². The first-order valence-corrected chi connectivity index (χ1v) is 3.40. The second-order valence-electron chi connectivity index (χ2n) is 1.59. The molecule has 0 aromatic heterocycles. The summed E-state index contributed by atoms with van der Waals surface area (Å²) in [5.41, 5.74) is 0. The summed E-state index contributed by atoms with van der Waals surface area (Å²) in [5, 5.41) is -0.892. The number of hydrogen-bond acceptors (Lipinski definition) is 2. The van der Waals surface area contributed by atoms with E-state index in [9.17, 15) is 9.59 Å². The molecule has 0 radical (unpaired) electrons. The molecule has 0 bridgehead atoms. The molecule has 0 atom stereocenters. The number of halogens is 2. The van der Waals surface area contributed by atoms with Gasteiger partial charge in [0.15, 0.2) is 0 Å². The lowest BCUT2D eigenvalue weighted by Gasteiger charge is -1.81. The molecule has 0 fully saturated rings. The maximum Gasteiger partial charge on any atom is 0.225 e. The van der Waals surface area contributed by atoms with Crippen molar-refractivity contribution in [2.45, 2.75) is 12.8 Å². The summed E-state index contributed by atoms with van der Waals surface area (Å²) in [6.07, 6.45) is 3.31. The molecule has 56 valence electrons. The predicted octanol–water partition coefficient (Wildman–Crippen LogP) is 1.85. The van der Waals surface area contributed by atoms with Gasteiger partial charge in [-0.1, -0.05) is 12.2 Å². The lowest BCUT2D eigenvalue weighted by Crippen LogP contribution is -1.82. The van der Waals surface area contributed by atoms with E-state index in [0.717, 1.165) is 0 Å². The Hall–Kier alpha value is -0.340. The lowest BCUT2D eigenvalue weighted by molar-refractivity contribution is -0.112. The highest BCUT2D eigenvalue weighted by Crippen LogP contribution is 1.94. The Morgan fingerprint density at radius 2 is 1.30 bits per heavy atom. The molecule has 4 heteroatoms. The van der Waals surface area contributed by atoms with Crippen LogP contribution in [0.1, 0.15) is 12.8 Å². The molecule has 0 heterocycles. The molecule has 0 saturated carbocycles. The largest absolute Gasteiger partial charge is 0.281 e. The monoisotopic (exact) mass is 180 g/mol. The van der Waals surface area contributed by atoms with E-state index < -0.39 is 10.5 Å². The van der Waals surface area contributed by atoms with E-state index in [4.69, 9.17) is 23.2 Å². The van der Waals surface area contributed by atoms with Crippen LogP contribution in [0.3, 0.4) is 0 Å². The maximum absolute atomic E-state index is 10.1. The van der Waals surface area contributed by atoms with Crippen LogP contribution < -0.4 is 0 Å². The van der Waals surface area contributed by atoms with E-state index in [2.05, 4.69) is 0 Å². The Kier molecular flexibility index (Phi) is 5.26. The predicted molar refractivity (Wildman–Crippen MR) is 40.1 cm³/mol. The van der Waals surface area contributed by atoms with Crippen LogP contribution in [0, 0.1) is 0 Å². The highest BCUT2D eigenvalue weighted by Gasteiger charge is 1.91. The van der Waals surface area contributed by atoms with Crippen LogP contribution in [0.15, 0.2) is 12.2 Å². The van der Waals surface area contributed by atoms with E-state index in [1.54, 1.807) is 0 Å². The highest BCUT2D eigenvalue weighted by atomic mass is 35.5. The lowest BCUT2D eigenvalue weighted by atomic mass is 10.3. The smallest absolute Gasteiger partial charge is 0.225 e. The molecule has 0 unspecified atom stereocenters. The zero-order valence-corrected chi connectivity index (χ0v) is 6.65. The standard InChI is InChI=1S/C6H6Cl2O2/c7-5(9)3-1-2-4-6(8)10/h1-2H,3-4H2. The Labute approximate surface area is 68.8 Å². The first-order chi connectivity index (χ1) is 4.63.